The zero-order valence-electron chi connectivity index (χ0n) is 15.4. The van der Waals surface area contributed by atoms with Crippen LogP contribution in [0, 0.1) is 0 Å². The van der Waals surface area contributed by atoms with Gasteiger partial charge in [-0.25, -0.2) is 0 Å². The van der Waals surface area contributed by atoms with Crippen LogP contribution < -0.4 is 15.4 Å². The summed E-state index contributed by atoms with van der Waals surface area (Å²) in [7, 11) is 1.57. The van der Waals surface area contributed by atoms with Crippen LogP contribution in [0.4, 0.5) is 5.69 Å². The Morgan fingerprint density at radius 2 is 1.85 bits per heavy atom. The molecular weight excluding hydrogens is 412 g/mol. The van der Waals surface area contributed by atoms with Gasteiger partial charge in [0.1, 0.15) is 5.75 Å². The fraction of sp³-hybridized carbons (Fsp3) is 0.300. The van der Waals surface area contributed by atoms with Gasteiger partial charge in [-0.15, -0.1) is 0 Å². The molecule has 0 bridgehead atoms. The molecule has 2 N–H and O–H groups in total. The monoisotopic (exact) mass is 434 g/mol. The Hall–Kier alpha value is -2.38. The second-order valence-electron chi connectivity index (χ2n) is 5.74. The molecule has 27 heavy (non-hydrogen) atoms. The number of amides is 2. The van der Waals surface area contributed by atoms with Crippen LogP contribution in [0.1, 0.15) is 34.1 Å². The topological polar surface area (TPSA) is 76.7 Å². The zero-order chi connectivity index (χ0) is 19.6. The van der Waals surface area contributed by atoms with Crippen molar-refractivity contribution in [3.63, 3.8) is 0 Å². The summed E-state index contributed by atoms with van der Waals surface area (Å²) in [4.78, 5) is 24.9. The van der Waals surface area contributed by atoms with Gasteiger partial charge in [0.05, 0.1) is 28.9 Å². The number of methoxy groups -OCH3 is 1. The summed E-state index contributed by atoms with van der Waals surface area (Å²) >= 11 is 3.42. The predicted octanol–water partition coefficient (Wildman–Crippen LogP) is 3.87. The fourth-order valence-corrected chi connectivity index (χ4v) is 2.81. The Morgan fingerprint density at radius 1 is 1.07 bits per heavy atom. The zero-order valence-corrected chi connectivity index (χ0v) is 17.0. The molecule has 144 valence electrons. The van der Waals surface area contributed by atoms with Crippen LogP contribution in [-0.2, 0) is 4.74 Å². The smallest absolute Gasteiger partial charge is 0.255 e. The Bertz CT molecular complexity index is 795. The summed E-state index contributed by atoms with van der Waals surface area (Å²) in [5.41, 5.74) is 1.30. The molecule has 0 saturated carbocycles. The van der Waals surface area contributed by atoms with E-state index in [0.29, 0.717) is 46.8 Å². The molecule has 2 aromatic rings. The summed E-state index contributed by atoms with van der Waals surface area (Å²) in [6, 6.07) is 12.0. The first kappa shape index (κ1) is 20.9. The first-order valence-electron chi connectivity index (χ1n) is 8.66. The number of ether oxygens (including phenoxy) is 2. The van der Waals surface area contributed by atoms with Gasteiger partial charge in [0.2, 0.25) is 0 Å². The molecule has 0 fully saturated rings. The highest BCUT2D eigenvalue weighted by Gasteiger charge is 2.15. The summed E-state index contributed by atoms with van der Waals surface area (Å²) in [6.07, 6.45) is 0.901. The van der Waals surface area contributed by atoms with Crippen LogP contribution in [0.3, 0.4) is 0 Å². The number of nitrogens with one attached hydrogen (secondary N) is 2. The quantitative estimate of drug-likeness (QED) is 0.587. The molecular formula is C20H23BrN2O4. The van der Waals surface area contributed by atoms with E-state index in [1.54, 1.807) is 49.6 Å². The number of carbonyl (C=O) groups excluding carboxylic acids is 2. The molecule has 0 atom stereocenters. The SMILES string of the molecule is CCCOc1ccc(C(=O)Nc2ccccc2C(=O)NCCOC)cc1Br. The van der Waals surface area contributed by atoms with E-state index in [4.69, 9.17) is 9.47 Å². The molecule has 0 unspecified atom stereocenters. The third-order valence-electron chi connectivity index (χ3n) is 3.67. The average Bonchev–Trinajstić information content (AvgIpc) is 2.67. The third-order valence-corrected chi connectivity index (χ3v) is 4.29. The van der Waals surface area contributed by atoms with Crippen molar-refractivity contribution < 1.29 is 19.1 Å². The van der Waals surface area contributed by atoms with E-state index in [2.05, 4.69) is 26.6 Å². The minimum atomic E-state index is -0.310. The van der Waals surface area contributed by atoms with Crippen molar-refractivity contribution in [2.75, 3.05) is 32.2 Å². The normalized spacial score (nSPS) is 10.3. The van der Waals surface area contributed by atoms with Gasteiger partial charge in [-0.05, 0) is 52.7 Å². The Labute approximate surface area is 167 Å². The number of rotatable bonds is 9. The van der Waals surface area contributed by atoms with Gasteiger partial charge >= 0.3 is 0 Å². The standard InChI is InChI=1S/C20H23BrN2O4/c1-3-11-27-18-9-8-14(13-16(18)21)19(24)23-17-7-5-4-6-15(17)20(25)22-10-12-26-2/h4-9,13H,3,10-12H2,1-2H3,(H,22,25)(H,23,24). The molecule has 0 aliphatic carbocycles. The fourth-order valence-electron chi connectivity index (χ4n) is 2.32. The lowest BCUT2D eigenvalue weighted by Crippen LogP contribution is -2.28. The van der Waals surface area contributed by atoms with Crippen LogP contribution in [0.2, 0.25) is 0 Å². The van der Waals surface area contributed by atoms with Crippen molar-refractivity contribution in [1.29, 1.82) is 0 Å². The lowest BCUT2D eigenvalue weighted by atomic mass is 10.1. The second kappa shape index (κ2) is 10.7. The van der Waals surface area contributed by atoms with Gasteiger partial charge in [0.25, 0.3) is 11.8 Å². The van der Waals surface area contributed by atoms with Gasteiger partial charge in [-0.2, -0.15) is 0 Å². The molecule has 0 spiro atoms. The molecule has 6 nitrogen and oxygen atoms in total. The van der Waals surface area contributed by atoms with E-state index in [-0.39, 0.29) is 11.8 Å². The molecule has 0 heterocycles. The van der Waals surface area contributed by atoms with Crippen LogP contribution in [0.25, 0.3) is 0 Å². The maximum atomic E-state index is 12.6. The summed E-state index contributed by atoms with van der Waals surface area (Å²) in [6.45, 7) is 3.44. The first-order chi connectivity index (χ1) is 13.1. The second-order valence-corrected chi connectivity index (χ2v) is 6.60. The van der Waals surface area contributed by atoms with E-state index < -0.39 is 0 Å². The van der Waals surface area contributed by atoms with E-state index >= 15 is 0 Å². The number of para-hydroxylation sites is 1. The first-order valence-corrected chi connectivity index (χ1v) is 9.46. The number of anilines is 1. The molecule has 2 aromatic carbocycles. The lowest BCUT2D eigenvalue weighted by molar-refractivity contribution is 0.0938. The van der Waals surface area contributed by atoms with Crippen molar-refractivity contribution in [2.24, 2.45) is 0 Å². The van der Waals surface area contributed by atoms with E-state index in [1.165, 1.54) is 0 Å². The average molecular weight is 435 g/mol. The Balaban J connectivity index is 2.12. The molecule has 0 saturated heterocycles. The molecule has 0 radical (unpaired) electrons. The molecule has 0 aliphatic heterocycles. The Kier molecular flexibility index (Phi) is 8.29. The van der Waals surface area contributed by atoms with Crippen molar-refractivity contribution in [1.82, 2.24) is 5.32 Å². The van der Waals surface area contributed by atoms with Crippen molar-refractivity contribution >= 4 is 33.4 Å². The van der Waals surface area contributed by atoms with Crippen LogP contribution in [-0.4, -0.2) is 38.7 Å². The molecule has 0 aliphatic rings. The number of halogens is 1. The molecule has 2 rings (SSSR count). The third kappa shape index (κ3) is 6.08. The minimum Gasteiger partial charge on any atom is -0.492 e. The van der Waals surface area contributed by atoms with Crippen molar-refractivity contribution in [3.8, 4) is 5.75 Å². The molecule has 0 aromatic heterocycles. The van der Waals surface area contributed by atoms with Gasteiger partial charge in [-0.1, -0.05) is 19.1 Å². The van der Waals surface area contributed by atoms with Crippen molar-refractivity contribution in [2.45, 2.75) is 13.3 Å². The van der Waals surface area contributed by atoms with Crippen LogP contribution >= 0.6 is 15.9 Å². The number of hydrogen-bond acceptors (Lipinski definition) is 4. The van der Waals surface area contributed by atoms with E-state index in [0.717, 1.165) is 6.42 Å². The lowest BCUT2D eigenvalue weighted by Gasteiger charge is -2.12. The predicted molar refractivity (Wildman–Crippen MR) is 109 cm³/mol. The highest BCUT2D eigenvalue weighted by atomic mass is 79.9. The Morgan fingerprint density at radius 3 is 2.56 bits per heavy atom. The highest BCUT2D eigenvalue weighted by molar-refractivity contribution is 9.10. The van der Waals surface area contributed by atoms with Gasteiger partial charge in [0, 0.05) is 19.2 Å². The van der Waals surface area contributed by atoms with Crippen molar-refractivity contribution in [3.05, 3.63) is 58.1 Å². The maximum absolute atomic E-state index is 12.6. The number of hydrogen-bond donors (Lipinski definition) is 2. The van der Waals surface area contributed by atoms with Crippen LogP contribution in [0.15, 0.2) is 46.9 Å². The minimum absolute atomic E-state index is 0.271. The molecule has 7 heteroatoms. The maximum Gasteiger partial charge on any atom is 0.255 e. The van der Waals surface area contributed by atoms with Gasteiger partial charge < -0.3 is 20.1 Å². The summed E-state index contributed by atoms with van der Waals surface area (Å²) in [5, 5.41) is 5.55. The summed E-state index contributed by atoms with van der Waals surface area (Å²) < 4.78 is 11.2. The molecule has 2 amide bonds. The van der Waals surface area contributed by atoms with Gasteiger partial charge in [-0.3, -0.25) is 9.59 Å². The van der Waals surface area contributed by atoms with Crippen LogP contribution in [0.5, 0.6) is 5.75 Å². The number of benzene rings is 2. The van der Waals surface area contributed by atoms with Gasteiger partial charge in [0.15, 0.2) is 0 Å². The highest BCUT2D eigenvalue weighted by Crippen LogP contribution is 2.27. The largest absolute Gasteiger partial charge is 0.492 e. The van der Waals surface area contributed by atoms with E-state index in [1.807, 2.05) is 6.92 Å². The van der Waals surface area contributed by atoms with E-state index in [9.17, 15) is 9.59 Å². The summed E-state index contributed by atoms with van der Waals surface area (Å²) in [5.74, 6) is 0.105. The number of carbonyl (C=O) groups is 2.